The monoisotopic (exact) mass is 387 g/mol. The molecule has 0 unspecified atom stereocenters. The third-order valence-corrected chi connectivity index (χ3v) is 5.29. The second-order valence-corrected chi connectivity index (χ2v) is 7.52. The molecule has 1 aromatic heterocycles. The number of nitrogens with zero attached hydrogens (tertiary/aromatic N) is 4. The Balaban J connectivity index is 1.45. The maximum absolute atomic E-state index is 12.0. The molecule has 0 radical (unpaired) electrons. The first-order valence-electron chi connectivity index (χ1n) is 9.09. The fourth-order valence-electron chi connectivity index (χ4n) is 2.74. The fraction of sp³-hybridized carbons (Fsp3) is 0.444. The van der Waals surface area contributed by atoms with Crippen molar-refractivity contribution in [3.8, 4) is 0 Å². The Hall–Kier alpha value is -2.55. The molecular formula is C18H25N7OS. The molecule has 0 aliphatic heterocycles. The quantitative estimate of drug-likeness (QED) is 0.382. The van der Waals surface area contributed by atoms with E-state index in [2.05, 4.69) is 26.0 Å². The van der Waals surface area contributed by atoms with E-state index in [-0.39, 0.29) is 11.7 Å². The van der Waals surface area contributed by atoms with Gasteiger partial charge in [0.05, 0.1) is 5.75 Å². The van der Waals surface area contributed by atoms with Crippen LogP contribution in [0.1, 0.15) is 43.2 Å². The molecule has 4 N–H and O–H groups in total. The fourth-order valence-corrected chi connectivity index (χ4v) is 3.43. The van der Waals surface area contributed by atoms with E-state index < -0.39 is 0 Å². The van der Waals surface area contributed by atoms with Gasteiger partial charge in [-0.25, -0.2) is 10.1 Å². The molecule has 0 atom stereocenters. The van der Waals surface area contributed by atoms with Crippen LogP contribution in [-0.4, -0.2) is 32.2 Å². The Kier molecular flexibility index (Phi) is 6.69. The molecule has 1 amide bonds. The van der Waals surface area contributed by atoms with Crippen molar-refractivity contribution >= 4 is 29.3 Å². The number of aromatic nitrogens is 3. The van der Waals surface area contributed by atoms with Crippen molar-refractivity contribution in [3.63, 3.8) is 0 Å². The van der Waals surface area contributed by atoms with Crippen LogP contribution >= 0.6 is 11.8 Å². The Morgan fingerprint density at radius 1 is 1.22 bits per heavy atom. The van der Waals surface area contributed by atoms with Crippen molar-refractivity contribution in [2.45, 2.75) is 50.7 Å². The highest BCUT2D eigenvalue weighted by Gasteiger charge is 2.13. The Labute approximate surface area is 163 Å². The average molecular weight is 388 g/mol. The number of rotatable bonds is 7. The number of nitrogens with one attached hydrogen (secondary N) is 2. The van der Waals surface area contributed by atoms with E-state index in [0.29, 0.717) is 17.6 Å². The van der Waals surface area contributed by atoms with Crippen LogP contribution in [0.5, 0.6) is 0 Å². The first-order chi connectivity index (χ1) is 13.1. The smallest absolute Gasteiger partial charge is 0.264 e. The summed E-state index contributed by atoms with van der Waals surface area (Å²) in [5.74, 6) is 6.50. The van der Waals surface area contributed by atoms with Gasteiger partial charge in [-0.15, -0.1) is 10.2 Å². The summed E-state index contributed by atoms with van der Waals surface area (Å²) >= 11 is 1.24. The van der Waals surface area contributed by atoms with Gasteiger partial charge < -0.3 is 11.2 Å². The minimum atomic E-state index is -0.0828. The van der Waals surface area contributed by atoms with Crippen molar-refractivity contribution in [1.82, 2.24) is 20.2 Å². The molecule has 0 saturated heterocycles. The number of hydrazone groups is 1. The summed E-state index contributed by atoms with van der Waals surface area (Å²) in [5.41, 5.74) is 6.27. The van der Waals surface area contributed by atoms with E-state index >= 15 is 0 Å². The van der Waals surface area contributed by atoms with Crippen molar-refractivity contribution < 1.29 is 4.79 Å². The summed E-state index contributed by atoms with van der Waals surface area (Å²) in [4.78, 5) is 12.0. The lowest BCUT2D eigenvalue weighted by molar-refractivity contribution is -0.118. The first kappa shape index (κ1) is 19.2. The zero-order valence-corrected chi connectivity index (χ0v) is 16.3. The molecule has 1 heterocycles. The molecule has 1 fully saturated rings. The van der Waals surface area contributed by atoms with Crippen LogP contribution in [0.4, 0.5) is 5.95 Å². The van der Waals surface area contributed by atoms with Gasteiger partial charge in [-0.1, -0.05) is 48.0 Å². The predicted molar refractivity (Wildman–Crippen MR) is 108 cm³/mol. The standard InChI is InChI=1S/C18H25N7OS/c1-13-7-9-14(10-8-13)11-20-16(26)12-27-18-24-23-17(25(18)19)22-21-15-5-3-2-4-6-15/h7-10H,2-6,11-12,19H2,1H3,(H,20,26)(H,22,23). The van der Waals surface area contributed by atoms with Gasteiger partial charge in [-0.2, -0.15) is 5.10 Å². The van der Waals surface area contributed by atoms with Gasteiger partial charge in [-0.05, 0) is 38.2 Å². The highest BCUT2D eigenvalue weighted by molar-refractivity contribution is 7.99. The summed E-state index contributed by atoms with van der Waals surface area (Å²) in [7, 11) is 0. The molecule has 1 aliphatic carbocycles. The SMILES string of the molecule is Cc1ccc(CNC(=O)CSc2nnc(NN=C3CCCCC3)n2N)cc1. The molecule has 2 aromatic rings. The van der Waals surface area contributed by atoms with Crippen LogP contribution in [0.15, 0.2) is 34.5 Å². The summed E-state index contributed by atoms with van der Waals surface area (Å²) in [5, 5.41) is 15.7. The molecular weight excluding hydrogens is 362 g/mol. The largest absolute Gasteiger partial charge is 0.351 e. The normalized spacial score (nSPS) is 14.0. The highest BCUT2D eigenvalue weighted by atomic mass is 32.2. The van der Waals surface area contributed by atoms with E-state index in [1.165, 1.54) is 41.3 Å². The number of carbonyl (C=O) groups excluding carboxylic acids is 1. The lowest BCUT2D eigenvalue weighted by atomic mass is 9.99. The van der Waals surface area contributed by atoms with E-state index in [4.69, 9.17) is 5.84 Å². The first-order valence-corrected chi connectivity index (χ1v) is 10.1. The number of thioether (sulfide) groups is 1. The van der Waals surface area contributed by atoms with Crippen LogP contribution in [0.3, 0.4) is 0 Å². The lowest BCUT2D eigenvalue weighted by Crippen LogP contribution is -2.25. The number of hydrogen-bond acceptors (Lipinski definition) is 7. The topological polar surface area (TPSA) is 110 Å². The molecule has 8 nitrogen and oxygen atoms in total. The van der Waals surface area contributed by atoms with Crippen LogP contribution in [-0.2, 0) is 11.3 Å². The van der Waals surface area contributed by atoms with Crippen LogP contribution in [0.2, 0.25) is 0 Å². The number of nitrogen functional groups attached to an aromatic ring is 1. The molecule has 27 heavy (non-hydrogen) atoms. The molecule has 0 spiro atoms. The van der Waals surface area contributed by atoms with Gasteiger partial charge in [0.1, 0.15) is 0 Å². The van der Waals surface area contributed by atoms with E-state index in [9.17, 15) is 4.79 Å². The van der Waals surface area contributed by atoms with E-state index in [0.717, 1.165) is 24.1 Å². The zero-order chi connectivity index (χ0) is 19.1. The molecule has 0 bridgehead atoms. The van der Waals surface area contributed by atoms with Gasteiger partial charge in [0.2, 0.25) is 11.1 Å². The average Bonchev–Trinajstić information content (AvgIpc) is 3.05. The van der Waals surface area contributed by atoms with Gasteiger partial charge >= 0.3 is 0 Å². The molecule has 1 aliphatic rings. The van der Waals surface area contributed by atoms with Crippen molar-refractivity contribution in [1.29, 1.82) is 0 Å². The molecule has 3 rings (SSSR count). The Bertz CT molecular complexity index is 793. The van der Waals surface area contributed by atoms with Gasteiger partial charge in [-0.3, -0.25) is 4.79 Å². The van der Waals surface area contributed by atoms with Crippen LogP contribution in [0.25, 0.3) is 0 Å². The third-order valence-electron chi connectivity index (χ3n) is 4.35. The minimum absolute atomic E-state index is 0.0828. The van der Waals surface area contributed by atoms with Gasteiger partial charge in [0, 0.05) is 12.3 Å². The summed E-state index contributed by atoms with van der Waals surface area (Å²) < 4.78 is 1.32. The highest BCUT2D eigenvalue weighted by Crippen LogP contribution is 2.18. The molecule has 144 valence electrons. The van der Waals surface area contributed by atoms with Crippen molar-refractivity contribution in [2.24, 2.45) is 5.10 Å². The lowest BCUT2D eigenvalue weighted by Gasteiger charge is -2.12. The van der Waals surface area contributed by atoms with Crippen molar-refractivity contribution in [3.05, 3.63) is 35.4 Å². The number of amides is 1. The zero-order valence-electron chi connectivity index (χ0n) is 15.4. The number of carbonyl (C=O) groups is 1. The number of aryl methyl sites for hydroxylation is 1. The summed E-state index contributed by atoms with van der Waals surface area (Å²) in [6.45, 7) is 2.53. The maximum Gasteiger partial charge on any atom is 0.264 e. The van der Waals surface area contributed by atoms with E-state index in [1.807, 2.05) is 31.2 Å². The van der Waals surface area contributed by atoms with Crippen LogP contribution in [0, 0.1) is 6.92 Å². The third kappa shape index (κ3) is 5.72. The maximum atomic E-state index is 12.0. The number of hydrogen-bond donors (Lipinski definition) is 3. The molecule has 1 aromatic carbocycles. The minimum Gasteiger partial charge on any atom is -0.351 e. The summed E-state index contributed by atoms with van der Waals surface area (Å²) in [6, 6.07) is 8.06. The van der Waals surface area contributed by atoms with E-state index in [1.54, 1.807) is 0 Å². The van der Waals surface area contributed by atoms with Gasteiger partial charge in [0.15, 0.2) is 0 Å². The number of benzene rings is 1. The number of nitrogens with two attached hydrogens (primary N) is 1. The predicted octanol–water partition coefficient (Wildman–Crippen LogP) is 2.44. The van der Waals surface area contributed by atoms with Crippen LogP contribution < -0.4 is 16.6 Å². The Morgan fingerprint density at radius 3 is 2.70 bits per heavy atom. The second kappa shape index (κ2) is 9.40. The van der Waals surface area contributed by atoms with Crippen molar-refractivity contribution in [2.75, 3.05) is 17.0 Å². The Morgan fingerprint density at radius 2 is 1.96 bits per heavy atom. The number of anilines is 1. The molecule has 9 heteroatoms. The second-order valence-electron chi connectivity index (χ2n) is 6.58. The molecule has 1 saturated carbocycles. The van der Waals surface area contributed by atoms with Gasteiger partial charge in [0.25, 0.3) is 5.95 Å². The summed E-state index contributed by atoms with van der Waals surface area (Å²) in [6.07, 6.45) is 5.63.